The SMILES string of the molecule is CC(C)C(C)N(C)C[B-](F)(F)F.[K+]. The molecule has 0 aliphatic carbocycles. The summed E-state index contributed by atoms with van der Waals surface area (Å²) in [6, 6.07) is -0.0199. The van der Waals surface area contributed by atoms with E-state index < -0.39 is 13.4 Å². The monoisotopic (exact) mass is 221 g/mol. The zero-order valence-electron chi connectivity index (χ0n) is 9.02. The van der Waals surface area contributed by atoms with Crippen molar-refractivity contribution in [2.24, 2.45) is 5.92 Å². The maximum Gasteiger partial charge on any atom is 1.00 e. The zero-order chi connectivity index (χ0) is 9.94. The second kappa shape index (κ2) is 6.85. The van der Waals surface area contributed by atoms with E-state index in [4.69, 9.17) is 0 Å². The van der Waals surface area contributed by atoms with Gasteiger partial charge >= 0.3 is 58.4 Å². The Labute approximate surface area is 121 Å². The van der Waals surface area contributed by atoms with Crippen molar-refractivity contribution in [2.45, 2.75) is 26.8 Å². The molecule has 0 fully saturated rings. The van der Waals surface area contributed by atoms with Gasteiger partial charge < -0.3 is 17.8 Å². The number of hydrogen-bond donors (Lipinski definition) is 0. The molecule has 13 heavy (non-hydrogen) atoms. The van der Waals surface area contributed by atoms with Gasteiger partial charge in [-0.05, 0) is 26.3 Å². The van der Waals surface area contributed by atoms with Gasteiger partial charge in [0.15, 0.2) is 0 Å². The summed E-state index contributed by atoms with van der Waals surface area (Å²) >= 11 is 0. The minimum atomic E-state index is -4.68. The summed E-state index contributed by atoms with van der Waals surface area (Å²) in [7, 11) is 1.51. The van der Waals surface area contributed by atoms with Crippen molar-refractivity contribution in [3.05, 3.63) is 0 Å². The van der Waals surface area contributed by atoms with E-state index in [-0.39, 0.29) is 63.3 Å². The van der Waals surface area contributed by atoms with Crippen LogP contribution in [0.25, 0.3) is 0 Å². The van der Waals surface area contributed by atoms with E-state index in [2.05, 4.69) is 0 Å². The molecule has 0 saturated heterocycles. The fourth-order valence-corrected chi connectivity index (χ4v) is 1.00. The standard InChI is InChI=1S/C7H16BF3N.K/c1-6(2)7(3)12(4)5-8(9,10)11;/h6-7H,5H2,1-4H3;/q-1;+1. The summed E-state index contributed by atoms with van der Waals surface area (Å²) < 4.78 is 35.9. The Morgan fingerprint density at radius 3 is 1.77 bits per heavy atom. The van der Waals surface area contributed by atoms with Gasteiger partial charge in [0.1, 0.15) is 0 Å². The molecule has 0 amide bonds. The van der Waals surface area contributed by atoms with Gasteiger partial charge in [-0.3, -0.25) is 0 Å². The largest absolute Gasteiger partial charge is 1.00 e. The average molecular weight is 221 g/mol. The Balaban J connectivity index is 0. The molecule has 1 unspecified atom stereocenters. The van der Waals surface area contributed by atoms with Gasteiger partial charge in [0.2, 0.25) is 0 Å². The number of halogens is 3. The molecule has 0 aromatic carbocycles. The molecular weight excluding hydrogens is 205 g/mol. The summed E-state index contributed by atoms with van der Waals surface area (Å²) in [5, 5.41) is 0. The van der Waals surface area contributed by atoms with Crippen molar-refractivity contribution in [1.29, 1.82) is 0 Å². The summed E-state index contributed by atoms with van der Waals surface area (Å²) in [5.74, 6) is 0.258. The third-order valence-corrected chi connectivity index (χ3v) is 2.16. The van der Waals surface area contributed by atoms with Crippen LogP contribution in [-0.2, 0) is 0 Å². The molecule has 0 saturated carbocycles. The Morgan fingerprint density at radius 1 is 1.15 bits per heavy atom. The fraction of sp³-hybridized carbons (Fsp3) is 1.00. The first-order valence-electron chi connectivity index (χ1n) is 4.15. The van der Waals surface area contributed by atoms with Crippen LogP contribution in [0.4, 0.5) is 12.9 Å². The minimum absolute atomic E-state index is 0. The van der Waals surface area contributed by atoms with Gasteiger partial charge in [0.05, 0.1) is 0 Å². The Hall–Kier alpha value is 1.45. The van der Waals surface area contributed by atoms with E-state index in [0.29, 0.717) is 0 Å². The predicted molar refractivity (Wildman–Crippen MR) is 46.0 cm³/mol. The van der Waals surface area contributed by atoms with E-state index in [1.165, 1.54) is 11.9 Å². The fourth-order valence-electron chi connectivity index (χ4n) is 1.00. The van der Waals surface area contributed by atoms with Crippen LogP contribution < -0.4 is 51.4 Å². The Kier molecular flexibility index (Phi) is 8.88. The van der Waals surface area contributed by atoms with E-state index in [0.717, 1.165) is 0 Å². The van der Waals surface area contributed by atoms with Crippen LogP contribution >= 0.6 is 0 Å². The molecule has 0 aliphatic rings. The van der Waals surface area contributed by atoms with Crippen LogP contribution in [0.3, 0.4) is 0 Å². The second-order valence-electron chi connectivity index (χ2n) is 3.63. The molecular formula is C7H16BF3KN. The Bertz CT molecular complexity index is 140. The van der Waals surface area contributed by atoms with Crippen LogP contribution in [-0.4, -0.2) is 31.4 Å². The normalized spacial score (nSPS) is 14.5. The molecule has 0 aromatic rings. The van der Waals surface area contributed by atoms with Crippen LogP contribution in [0.5, 0.6) is 0 Å². The third-order valence-electron chi connectivity index (χ3n) is 2.16. The van der Waals surface area contributed by atoms with Gasteiger partial charge in [-0.15, -0.1) is 0 Å². The van der Waals surface area contributed by atoms with Crippen molar-refractivity contribution >= 4 is 6.98 Å². The molecule has 1 atom stereocenters. The van der Waals surface area contributed by atoms with E-state index >= 15 is 0 Å². The molecule has 6 heteroatoms. The maximum atomic E-state index is 12.0. The van der Waals surface area contributed by atoms with Crippen LogP contribution in [0.1, 0.15) is 20.8 Å². The molecule has 0 aromatic heterocycles. The van der Waals surface area contributed by atoms with Crippen LogP contribution in [0.15, 0.2) is 0 Å². The van der Waals surface area contributed by atoms with E-state index in [1.807, 2.05) is 20.8 Å². The molecule has 0 N–H and O–H groups in total. The van der Waals surface area contributed by atoms with Crippen molar-refractivity contribution in [3.8, 4) is 0 Å². The van der Waals surface area contributed by atoms with Gasteiger partial charge in [-0.1, -0.05) is 13.8 Å². The molecule has 0 heterocycles. The molecule has 0 aliphatic heterocycles. The van der Waals surface area contributed by atoms with Gasteiger partial charge in [0, 0.05) is 6.04 Å². The first-order chi connectivity index (χ1) is 5.24. The van der Waals surface area contributed by atoms with Crippen molar-refractivity contribution in [2.75, 3.05) is 13.5 Å². The topological polar surface area (TPSA) is 3.24 Å². The quantitative estimate of drug-likeness (QED) is 0.570. The second-order valence-corrected chi connectivity index (χ2v) is 3.63. The number of nitrogens with zero attached hydrogens (tertiary/aromatic N) is 1. The molecule has 74 valence electrons. The summed E-state index contributed by atoms with van der Waals surface area (Å²) in [6.07, 6.45) is -0.765. The van der Waals surface area contributed by atoms with E-state index in [9.17, 15) is 12.9 Å². The van der Waals surface area contributed by atoms with Crippen molar-refractivity contribution < 1.29 is 64.3 Å². The first kappa shape index (κ1) is 16.9. The van der Waals surface area contributed by atoms with Crippen LogP contribution in [0.2, 0.25) is 0 Å². The molecule has 0 radical (unpaired) electrons. The van der Waals surface area contributed by atoms with Gasteiger partial charge in [-0.2, -0.15) is 0 Å². The smallest absolute Gasteiger partial charge is 0.448 e. The number of hydrogen-bond acceptors (Lipinski definition) is 1. The summed E-state index contributed by atoms with van der Waals surface area (Å²) in [4.78, 5) is 1.35. The summed E-state index contributed by atoms with van der Waals surface area (Å²) in [5.41, 5.74) is 0. The Morgan fingerprint density at radius 2 is 1.54 bits per heavy atom. The van der Waals surface area contributed by atoms with E-state index in [1.54, 1.807) is 0 Å². The molecule has 0 rings (SSSR count). The van der Waals surface area contributed by atoms with Gasteiger partial charge in [-0.25, -0.2) is 0 Å². The van der Waals surface area contributed by atoms with Crippen molar-refractivity contribution in [1.82, 2.24) is 4.90 Å². The van der Waals surface area contributed by atoms with Crippen LogP contribution in [0, 0.1) is 5.92 Å². The predicted octanol–water partition coefficient (Wildman–Crippen LogP) is -0.647. The zero-order valence-corrected chi connectivity index (χ0v) is 12.1. The van der Waals surface area contributed by atoms with Gasteiger partial charge in [0.25, 0.3) is 0 Å². The average Bonchev–Trinajstić information content (AvgIpc) is 1.82. The third kappa shape index (κ3) is 8.45. The molecule has 1 nitrogen and oxygen atoms in total. The van der Waals surface area contributed by atoms with Crippen molar-refractivity contribution in [3.63, 3.8) is 0 Å². The minimum Gasteiger partial charge on any atom is -0.448 e. The maximum absolute atomic E-state index is 12.0. The number of rotatable bonds is 4. The molecule has 0 bridgehead atoms. The molecule has 0 spiro atoms. The first-order valence-corrected chi connectivity index (χ1v) is 4.15. The summed E-state index contributed by atoms with van der Waals surface area (Å²) in [6.45, 7) is 0.976.